The molecular formula is C15H30N2O2. The van der Waals surface area contributed by atoms with E-state index in [9.17, 15) is 0 Å². The van der Waals surface area contributed by atoms with Crippen LogP contribution in [0.1, 0.15) is 26.7 Å². The Bertz CT molecular complexity index is 236. The lowest BCUT2D eigenvalue weighted by molar-refractivity contribution is 0.0122. The summed E-state index contributed by atoms with van der Waals surface area (Å²) in [4.78, 5) is 2.60. The highest BCUT2D eigenvalue weighted by atomic mass is 16.5. The number of ether oxygens (including phenoxy) is 2. The number of hydrogen-bond donors (Lipinski definition) is 1. The van der Waals surface area contributed by atoms with Crippen molar-refractivity contribution in [1.82, 2.24) is 10.2 Å². The van der Waals surface area contributed by atoms with Gasteiger partial charge in [-0.3, -0.25) is 4.90 Å². The molecule has 0 radical (unpaired) electrons. The van der Waals surface area contributed by atoms with Gasteiger partial charge in [0.2, 0.25) is 0 Å². The molecule has 2 aliphatic heterocycles. The molecule has 0 aromatic carbocycles. The molecule has 0 saturated carbocycles. The minimum absolute atomic E-state index is 0.659. The van der Waals surface area contributed by atoms with E-state index in [4.69, 9.17) is 9.47 Å². The summed E-state index contributed by atoms with van der Waals surface area (Å²) >= 11 is 0. The molecule has 2 fully saturated rings. The molecule has 2 saturated heterocycles. The summed E-state index contributed by atoms with van der Waals surface area (Å²) in [7, 11) is 0. The first-order valence-corrected chi connectivity index (χ1v) is 7.86. The Morgan fingerprint density at radius 3 is 2.58 bits per heavy atom. The fraction of sp³-hybridized carbons (Fsp3) is 1.00. The maximum Gasteiger partial charge on any atom is 0.0594 e. The molecule has 0 amide bonds. The Morgan fingerprint density at radius 1 is 1.16 bits per heavy atom. The lowest BCUT2D eigenvalue weighted by atomic mass is 10.0. The Kier molecular flexibility index (Phi) is 6.57. The number of nitrogens with zero attached hydrogens (tertiary/aromatic N) is 1. The largest absolute Gasteiger partial charge is 0.381 e. The van der Waals surface area contributed by atoms with Crippen LogP contribution in [0, 0.1) is 11.8 Å². The van der Waals surface area contributed by atoms with Crippen molar-refractivity contribution in [2.45, 2.75) is 32.7 Å². The van der Waals surface area contributed by atoms with Crippen LogP contribution in [0.25, 0.3) is 0 Å². The van der Waals surface area contributed by atoms with E-state index in [0.29, 0.717) is 6.04 Å². The van der Waals surface area contributed by atoms with Gasteiger partial charge in [0, 0.05) is 38.8 Å². The van der Waals surface area contributed by atoms with E-state index in [0.717, 1.165) is 64.4 Å². The maximum absolute atomic E-state index is 5.46. The summed E-state index contributed by atoms with van der Waals surface area (Å²) in [5.74, 6) is 1.48. The molecule has 0 aliphatic carbocycles. The lowest BCUT2D eigenvalue weighted by Crippen LogP contribution is -2.49. The highest BCUT2D eigenvalue weighted by Gasteiger charge is 2.22. The average Bonchev–Trinajstić information content (AvgIpc) is 2.91. The Morgan fingerprint density at radius 2 is 1.95 bits per heavy atom. The summed E-state index contributed by atoms with van der Waals surface area (Å²) in [6, 6.07) is 0.659. The van der Waals surface area contributed by atoms with Crippen LogP contribution in [0.5, 0.6) is 0 Å². The van der Waals surface area contributed by atoms with E-state index in [-0.39, 0.29) is 0 Å². The second-order valence-corrected chi connectivity index (χ2v) is 6.32. The van der Waals surface area contributed by atoms with Gasteiger partial charge >= 0.3 is 0 Å². The Hall–Kier alpha value is -0.160. The number of nitrogens with one attached hydrogen (secondary N) is 1. The normalized spacial score (nSPS) is 27.0. The van der Waals surface area contributed by atoms with Crippen molar-refractivity contribution < 1.29 is 9.47 Å². The summed E-state index contributed by atoms with van der Waals surface area (Å²) in [6.07, 6.45) is 2.49. The molecule has 0 bridgehead atoms. The first-order chi connectivity index (χ1) is 9.25. The lowest BCUT2D eigenvalue weighted by Gasteiger charge is -2.35. The van der Waals surface area contributed by atoms with Crippen LogP contribution in [0.15, 0.2) is 0 Å². The second kappa shape index (κ2) is 8.20. The molecule has 2 rings (SSSR count). The predicted octanol–water partition coefficient (Wildman–Crippen LogP) is 1.36. The molecule has 2 heterocycles. The topological polar surface area (TPSA) is 33.7 Å². The van der Waals surface area contributed by atoms with Gasteiger partial charge in [-0.15, -0.1) is 0 Å². The van der Waals surface area contributed by atoms with Gasteiger partial charge in [-0.25, -0.2) is 0 Å². The zero-order chi connectivity index (χ0) is 13.5. The molecule has 2 atom stereocenters. The molecule has 0 spiro atoms. The van der Waals surface area contributed by atoms with Gasteiger partial charge in [0.05, 0.1) is 19.8 Å². The van der Waals surface area contributed by atoms with E-state index in [1.165, 1.54) is 12.8 Å². The SMILES string of the molecule is CC(C)CC(CNCC1CCOC1)N1CCOCC1. The second-order valence-electron chi connectivity index (χ2n) is 6.32. The Labute approximate surface area is 117 Å². The molecule has 0 aromatic rings. The number of rotatable bonds is 7. The molecule has 1 N–H and O–H groups in total. The molecule has 19 heavy (non-hydrogen) atoms. The van der Waals surface area contributed by atoms with Crippen LogP contribution < -0.4 is 5.32 Å². The zero-order valence-corrected chi connectivity index (χ0v) is 12.6. The molecular weight excluding hydrogens is 240 g/mol. The molecule has 4 nitrogen and oxygen atoms in total. The van der Waals surface area contributed by atoms with Crippen molar-refractivity contribution in [2.75, 3.05) is 52.6 Å². The predicted molar refractivity (Wildman–Crippen MR) is 77.4 cm³/mol. The van der Waals surface area contributed by atoms with Crippen LogP contribution in [-0.2, 0) is 9.47 Å². The summed E-state index contributed by atoms with van der Waals surface area (Å²) in [5, 5.41) is 3.67. The van der Waals surface area contributed by atoms with Crippen molar-refractivity contribution in [1.29, 1.82) is 0 Å². The minimum atomic E-state index is 0.659. The first-order valence-electron chi connectivity index (χ1n) is 7.86. The highest BCUT2D eigenvalue weighted by Crippen LogP contribution is 2.14. The summed E-state index contributed by atoms with van der Waals surface area (Å²) < 4.78 is 10.9. The van der Waals surface area contributed by atoms with E-state index in [1.54, 1.807) is 0 Å². The smallest absolute Gasteiger partial charge is 0.0594 e. The van der Waals surface area contributed by atoms with Crippen LogP contribution >= 0.6 is 0 Å². The van der Waals surface area contributed by atoms with Gasteiger partial charge in [-0.05, 0) is 24.7 Å². The summed E-state index contributed by atoms with van der Waals surface area (Å²) in [6.45, 7) is 12.7. The van der Waals surface area contributed by atoms with E-state index < -0.39 is 0 Å². The van der Waals surface area contributed by atoms with Gasteiger partial charge in [-0.2, -0.15) is 0 Å². The van der Waals surface area contributed by atoms with E-state index >= 15 is 0 Å². The van der Waals surface area contributed by atoms with Gasteiger partial charge in [0.15, 0.2) is 0 Å². The molecule has 112 valence electrons. The third kappa shape index (κ3) is 5.38. The van der Waals surface area contributed by atoms with Gasteiger partial charge < -0.3 is 14.8 Å². The molecule has 2 unspecified atom stereocenters. The molecule has 0 aromatic heterocycles. The van der Waals surface area contributed by atoms with Crippen LogP contribution in [0.2, 0.25) is 0 Å². The van der Waals surface area contributed by atoms with Crippen molar-refractivity contribution in [3.63, 3.8) is 0 Å². The standard InChI is InChI=1S/C15H30N2O2/c1-13(2)9-15(17-4-7-18-8-5-17)11-16-10-14-3-6-19-12-14/h13-16H,3-12H2,1-2H3. The van der Waals surface area contributed by atoms with E-state index in [2.05, 4.69) is 24.1 Å². The number of hydrogen-bond acceptors (Lipinski definition) is 4. The average molecular weight is 270 g/mol. The third-order valence-corrected chi connectivity index (χ3v) is 4.14. The number of morpholine rings is 1. The monoisotopic (exact) mass is 270 g/mol. The van der Waals surface area contributed by atoms with Gasteiger partial charge in [0.25, 0.3) is 0 Å². The van der Waals surface area contributed by atoms with Crippen molar-refractivity contribution in [3.8, 4) is 0 Å². The fourth-order valence-electron chi connectivity index (χ4n) is 3.05. The van der Waals surface area contributed by atoms with Crippen LogP contribution in [0.3, 0.4) is 0 Å². The van der Waals surface area contributed by atoms with Crippen LogP contribution in [-0.4, -0.2) is 63.5 Å². The van der Waals surface area contributed by atoms with Crippen molar-refractivity contribution in [2.24, 2.45) is 11.8 Å². The Balaban J connectivity index is 1.72. The molecule has 2 aliphatic rings. The first kappa shape index (κ1) is 15.2. The van der Waals surface area contributed by atoms with Crippen LogP contribution in [0.4, 0.5) is 0 Å². The highest BCUT2D eigenvalue weighted by molar-refractivity contribution is 4.78. The quantitative estimate of drug-likeness (QED) is 0.757. The minimum Gasteiger partial charge on any atom is -0.381 e. The summed E-state index contributed by atoms with van der Waals surface area (Å²) in [5.41, 5.74) is 0. The zero-order valence-electron chi connectivity index (χ0n) is 12.6. The van der Waals surface area contributed by atoms with Crippen molar-refractivity contribution in [3.05, 3.63) is 0 Å². The van der Waals surface area contributed by atoms with Gasteiger partial charge in [-0.1, -0.05) is 13.8 Å². The molecule has 4 heteroatoms. The van der Waals surface area contributed by atoms with E-state index in [1.807, 2.05) is 0 Å². The van der Waals surface area contributed by atoms with Crippen molar-refractivity contribution >= 4 is 0 Å². The fourth-order valence-corrected chi connectivity index (χ4v) is 3.05. The maximum atomic E-state index is 5.46. The van der Waals surface area contributed by atoms with Gasteiger partial charge in [0.1, 0.15) is 0 Å². The third-order valence-electron chi connectivity index (χ3n) is 4.14.